The van der Waals surface area contributed by atoms with Gasteiger partial charge >= 0.3 is 0 Å². The van der Waals surface area contributed by atoms with E-state index in [2.05, 4.69) is 0 Å². The molecule has 0 aromatic carbocycles. The second kappa shape index (κ2) is 3.31. The summed E-state index contributed by atoms with van der Waals surface area (Å²) in [4.78, 5) is 1.38. The highest BCUT2D eigenvalue weighted by Crippen LogP contribution is 2.36. The molecule has 1 aromatic rings. The smallest absolute Gasteiger partial charge is 0.138 e. The van der Waals surface area contributed by atoms with E-state index >= 15 is 0 Å². The molecule has 80 valence electrons. The third-order valence-electron chi connectivity index (χ3n) is 1.97. The van der Waals surface area contributed by atoms with Crippen LogP contribution in [0.25, 0.3) is 0 Å². The molecule has 1 nitrogen and oxygen atoms in total. The van der Waals surface area contributed by atoms with E-state index in [-0.39, 0.29) is 11.2 Å². The molecule has 0 fully saturated rings. The molecule has 0 aliphatic heterocycles. The molecule has 0 amide bonds. The molecule has 0 aliphatic rings. The Kier molecular flexibility index (Phi) is 2.76. The Morgan fingerprint density at radius 3 is 1.93 bits per heavy atom. The van der Waals surface area contributed by atoms with E-state index in [0.717, 1.165) is 0 Å². The fraction of sp³-hybridized carbons (Fsp3) is 0.636. The van der Waals surface area contributed by atoms with E-state index in [9.17, 15) is 9.50 Å². The van der Waals surface area contributed by atoms with Crippen molar-refractivity contribution in [2.75, 3.05) is 0 Å². The number of hydrogen-bond donors (Lipinski definition) is 1. The van der Waals surface area contributed by atoms with Crippen LogP contribution in [0.3, 0.4) is 0 Å². The van der Waals surface area contributed by atoms with Gasteiger partial charge < -0.3 is 5.11 Å². The van der Waals surface area contributed by atoms with Gasteiger partial charge in [-0.1, -0.05) is 20.8 Å². The number of aliphatic hydroxyl groups is 1. The largest absolute Gasteiger partial charge is 0.385 e. The molecule has 0 saturated carbocycles. The van der Waals surface area contributed by atoms with Gasteiger partial charge in [0.25, 0.3) is 0 Å². The molecule has 1 N–H and O–H groups in total. The number of halogens is 1. The zero-order chi connectivity index (χ0) is 11.1. The second-order valence-corrected chi connectivity index (χ2v) is 6.15. The van der Waals surface area contributed by atoms with Crippen LogP contribution in [0.2, 0.25) is 0 Å². The Morgan fingerprint density at radius 2 is 1.71 bits per heavy atom. The summed E-state index contributed by atoms with van der Waals surface area (Å²) < 4.78 is 13.5. The van der Waals surface area contributed by atoms with Gasteiger partial charge in [0.15, 0.2) is 0 Å². The fourth-order valence-electron chi connectivity index (χ4n) is 1.18. The molecule has 0 aliphatic carbocycles. The molecule has 1 rings (SSSR count). The fourth-order valence-corrected chi connectivity index (χ4v) is 2.28. The SMILES string of the molecule is CC(C)(C)c1sc(C(C)(C)O)cc1F. The quantitative estimate of drug-likeness (QED) is 0.762. The average Bonchev–Trinajstić information content (AvgIpc) is 2.27. The van der Waals surface area contributed by atoms with Crippen LogP contribution in [0.1, 0.15) is 44.4 Å². The van der Waals surface area contributed by atoms with E-state index in [1.54, 1.807) is 13.8 Å². The number of thiophene rings is 1. The number of rotatable bonds is 1. The molecule has 14 heavy (non-hydrogen) atoms. The van der Waals surface area contributed by atoms with Gasteiger partial charge in [-0.05, 0) is 25.3 Å². The van der Waals surface area contributed by atoms with Crippen LogP contribution in [0.5, 0.6) is 0 Å². The Hall–Kier alpha value is -0.410. The van der Waals surface area contributed by atoms with Crippen LogP contribution in [-0.2, 0) is 11.0 Å². The first-order valence-electron chi connectivity index (χ1n) is 4.65. The van der Waals surface area contributed by atoms with Crippen molar-refractivity contribution >= 4 is 11.3 Å². The molecular weight excluding hydrogens is 199 g/mol. The van der Waals surface area contributed by atoms with E-state index in [0.29, 0.717) is 9.75 Å². The predicted octanol–water partition coefficient (Wildman–Crippen LogP) is 3.41. The highest BCUT2D eigenvalue weighted by molar-refractivity contribution is 7.12. The molecular formula is C11H17FOS. The maximum Gasteiger partial charge on any atom is 0.138 e. The summed E-state index contributed by atoms with van der Waals surface area (Å²) in [7, 11) is 0. The monoisotopic (exact) mass is 216 g/mol. The minimum Gasteiger partial charge on any atom is -0.385 e. The minimum absolute atomic E-state index is 0.196. The van der Waals surface area contributed by atoms with Crippen LogP contribution in [0.4, 0.5) is 4.39 Å². The van der Waals surface area contributed by atoms with Crippen LogP contribution in [0, 0.1) is 5.82 Å². The molecule has 0 saturated heterocycles. The van der Waals surface area contributed by atoms with Crippen molar-refractivity contribution in [3.05, 3.63) is 21.6 Å². The van der Waals surface area contributed by atoms with Crippen molar-refractivity contribution in [2.24, 2.45) is 0 Å². The summed E-state index contributed by atoms with van der Waals surface area (Å²) in [6.07, 6.45) is 0. The molecule has 1 aromatic heterocycles. The third kappa shape index (κ3) is 2.34. The predicted molar refractivity (Wildman–Crippen MR) is 58.2 cm³/mol. The molecule has 1 heterocycles. The van der Waals surface area contributed by atoms with Crippen LogP contribution in [0.15, 0.2) is 6.07 Å². The van der Waals surface area contributed by atoms with Gasteiger partial charge in [-0.25, -0.2) is 4.39 Å². The zero-order valence-corrected chi connectivity index (χ0v) is 10.1. The second-order valence-electron chi connectivity index (χ2n) is 5.10. The van der Waals surface area contributed by atoms with Gasteiger partial charge in [-0.15, -0.1) is 11.3 Å². The molecule has 3 heteroatoms. The Morgan fingerprint density at radius 1 is 1.21 bits per heavy atom. The lowest BCUT2D eigenvalue weighted by Crippen LogP contribution is -2.13. The van der Waals surface area contributed by atoms with Gasteiger partial charge in [0, 0.05) is 9.75 Å². The highest BCUT2D eigenvalue weighted by atomic mass is 32.1. The topological polar surface area (TPSA) is 20.2 Å². The summed E-state index contributed by atoms with van der Waals surface area (Å²) in [6, 6.07) is 1.44. The maximum atomic E-state index is 13.5. The summed E-state index contributed by atoms with van der Waals surface area (Å²) >= 11 is 1.35. The normalized spacial score (nSPS) is 13.4. The van der Waals surface area contributed by atoms with E-state index in [1.807, 2.05) is 20.8 Å². The third-order valence-corrected chi connectivity index (χ3v) is 3.82. The molecule has 0 atom stereocenters. The van der Waals surface area contributed by atoms with Gasteiger partial charge in [0.1, 0.15) is 5.82 Å². The first-order chi connectivity index (χ1) is 6.12. The van der Waals surface area contributed by atoms with Gasteiger partial charge in [-0.2, -0.15) is 0 Å². The average molecular weight is 216 g/mol. The first-order valence-corrected chi connectivity index (χ1v) is 5.46. The Bertz CT molecular complexity index is 328. The Balaban J connectivity index is 3.19. The highest BCUT2D eigenvalue weighted by Gasteiger charge is 2.26. The summed E-state index contributed by atoms with van der Waals surface area (Å²) in [5, 5.41) is 9.74. The summed E-state index contributed by atoms with van der Waals surface area (Å²) in [5.41, 5.74) is -1.15. The van der Waals surface area contributed by atoms with Crippen LogP contribution >= 0.6 is 11.3 Å². The van der Waals surface area contributed by atoms with Crippen molar-refractivity contribution in [3.63, 3.8) is 0 Å². The minimum atomic E-state index is -0.949. The Labute approximate surface area is 88.6 Å². The standard InChI is InChI=1S/C11H17FOS/c1-10(2,3)9-7(12)6-8(14-9)11(4,5)13/h6,13H,1-5H3. The zero-order valence-electron chi connectivity index (χ0n) is 9.31. The van der Waals surface area contributed by atoms with Crippen LogP contribution in [-0.4, -0.2) is 5.11 Å². The first kappa shape index (κ1) is 11.7. The number of hydrogen-bond acceptors (Lipinski definition) is 2. The van der Waals surface area contributed by atoms with Gasteiger partial charge in [0.05, 0.1) is 5.60 Å². The van der Waals surface area contributed by atoms with E-state index in [4.69, 9.17) is 0 Å². The summed E-state index contributed by atoms with van der Waals surface area (Å²) in [6.45, 7) is 9.25. The maximum absolute atomic E-state index is 13.5. The van der Waals surface area contributed by atoms with Crippen molar-refractivity contribution in [1.29, 1.82) is 0 Å². The lowest BCUT2D eigenvalue weighted by molar-refractivity contribution is 0.0823. The molecule has 0 spiro atoms. The van der Waals surface area contributed by atoms with Crippen molar-refractivity contribution in [1.82, 2.24) is 0 Å². The van der Waals surface area contributed by atoms with Crippen LogP contribution < -0.4 is 0 Å². The van der Waals surface area contributed by atoms with Crippen molar-refractivity contribution in [3.8, 4) is 0 Å². The van der Waals surface area contributed by atoms with Gasteiger partial charge in [-0.3, -0.25) is 0 Å². The van der Waals surface area contributed by atoms with E-state index in [1.165, 1.54) is 17.4 Å². The lowest BCUT2D eigenvalue weighted by Gasteiger charge is -2.17. The molecule has 0 unspecified atom stereocenters. The molecule has 0 radical (unpaired) electrons. The summed E-state index contributed by atoms with van der Waals surface area (Å²) in [5.74, 6) is -0.209. The molecule has 0 bridgehead atoms. The van der Waals surface area contributed by atoms with E-state index < -0.39 is 5.60 Å². The van der Waals surface area contributed by atoms with Gasteiger partial charge in [0.2, 0.25) is 0 Å². The van der Waals surface area contributed by atoms with Crippen molar-refractivity contribution < 1.29 is 9.50 Å². The van der Waals surface area contributed by atoms with Crippen molar-refractivity contribution in [2.45, 2.75) is 45.6 Å². The lowest BCUT2D eigenvalue weighted by atomic mass is 9.94.